The molecule has 2 aromatic heterocycles. The van der Waals surface area contributed by atoms with Gasteiger partial charge in [-0.15, -0.1) is 0 Å². The normalized spacial score (nSPS) is 11.7. The number of hydrogen-bond acceptors (Lipinski definition) is 3. The van der Waals surface area contributed by atoms with E-state index in [9.17, 15) is 13.2 Å². The van der Waals surface area contributed by atoms with E-state index in [4.69, 9.17) is 17.3 Å². The van der Waals surface area contributed by atoms with Crippen molar-refractivity contribution in [2.45, 2.75) is 6.18 Å². The summed E-state index contributed by atoms with van der Waals surface area (Å²) in [6.07, 6.45) is -2.30. The van der Waals surface area contributed by atoms with E-state index < -0.39 is 11.7 Å². The molecule has 0 atom stereocenters. The number of nitrogens with two attached hydrogens (primary N) is 1. The van der Waals surface area contributed by atoms with Crippen molar-refractivity contribution in [3.05, 3.63) is 59.4 Å². The largest absolute Gasteiger partial charge is 0.417 e. The second kappa shape index (κ2) is 5.58. The number of nitrogens with zero attached hydrogens (tertiary/aromatic N) is 3. The number of rotatable bonds is 2. The first-order chi connectivity index (χ1) is 10.9. The van der Waals surface area contributed by atoms with Gasteiger partial charge in [0.05, 0.1) is 16.8 Å². The lowest BCUT2D eigenvalue weighted by Crippen LogP contribution is -2.09. The van der Waals surface area contributed by atoms with Gasteiger partial charge in [0.2, 0.25) is 0 Å². The fourth-order valence-corrected chi connectivity index (χ4v) is 2.35. The lowest BCUT2D eigenvalue weighted by atomic mass is 10.1. The third-order valence-electron chi connectivity index (χ3n) is 3.24. The summed E-state index contributed by atoms with van der Waals surface area (Å²) in [7, 11) is 0. The molecule has 0 aliphatic rings. The number of anilines is 1. The quantitative estimate of drug-likeness (QED) is 0.762. The number of hydrogen-bond donors (Lipinski definition) is 1. The van der Waals surface area contributed by atoms with Crippen molar-refractivity contribution in [3.63, 3.8) is 0 Å². The van der Waals surface area contributed by atoms with Crippen LogP contribution in [0.1, 0.15) is 5.56 Å². The van der Waals surface area contributed by atoms with Crippen molar-refractivity contribution in [2.75, 3.05) is 5.73 Å². The van der Waals surface area contributed by atoms with Crippen LogP contribution in [0.5, 0.6) is 0 Å². The van der Waals surface area contributed by atoms with E-state index in [1.54, 1.807) is 0 Å². The molecular weight excluding hydrogens is 329 g/mol. The summed E-state index contributed by atoms with van der Waals surface area (Å²) in [5, 5.41) is 3.89. The van der Waals surface area contributed by atoms with Crippen LogP contribution >= 0.6 is 11.6 Å². The molecule has 3 aromatic rings. The molecule has 0 bridgehead atoms. The van der Waals surface area contributed by atoms with Crippen LogP contribution in [0.4, 0.5) is 19.0 Å². The van der Waals surface area contributed by atoms with Crippen LogP contribution in [0.25, 0.3) is 16.9 Å². The molecule has 0 aliphatic heterocycles. The summed E-state index contributed by atoms with van der Waals surface area (Å²) < 4.78 is 39.2. The van der Waals surface area contributed by atoms with Gasteiger partial charge in [0.1, 0.15) is 5.82 Å². The van der Waals surface area contributed by atoms with Crippen LogP contribution in [0.15, 0.2) is 48.8 Å². The van der Waals surface area contributed by atoms with Gasteiger partial charge in [-0.2, -0.15) is 23.0 Å². The van der Waals surface area contributed by atoms with Crippen molar-refractivity contribution >= 4 is 17.4 Å². The molecule has 118 valence electrons. The Kier molecular flexibility index (Phi) is 3.73. The molecular formula is C15H10ClF3N4. The molecule has 23 heavy (non-hydrogen) atoms. The predicted octanol–water partition coefficient (Wildman–Crippen LogP) is 4.19. The van der Waals surface area contributed by atoms with E-state index in [-0.39, 0.29) is 16.7 Å². The summed E-state index contributed by atoms with van der Waals surface area (Å²) in [4.78, 5) is 3.75. The van der Waals surface area contributed by atoms with Crippen LogP contribution in [-0.2, 0) is 6.18 Å². The summed E-state index contributed by atoms with van der Waals surface area (Å²) in [6, 6.07) is 10.0. The highest BCUT2D eigenvalue weighted by Crippen LogP contribution is 2.33. The molecule has 8 heteroatoms. The van der Waals surface area contributed by atoms with E-state index in [1.165, 1.54) is 10.9 Å². The van der Waals surface area contributed by atoms with Gasteiger partial charge in [0.15, 0.2) is 5.82 Å². The molecule has 2 heterocycles. The number of benzene rings is 1. The number of pyridine rings is 1. The number of aromatic nitrogens is 3. The van der Waals surface area contributed by atoms with Gasteiger partial charge in [-0.05, 0) is 11.6 Å². The molecule has 0 saturated heterocycles. The molecule has 0 fully saturated rings. The van der Waals surface area contributed by atoms with Crippen LogP contribution in [0.3, 0.4) is 0 Å². The fraction of sp³-hybridized carbons (Fsp3) is 0.0667. The van der Waals surface area contributed by atoms with Gasteiger partial charge in [-0.25, -0.2) is 4.98 Å². The summed E-state index contributed by atoms with van der Waals surface area (Å²) in [5.74, 6) is 0.282. The van der Waals surface area contributed by atoms with E-state index >= 15 is 0 Å². The molecule has 0 unspecified atom stereocenters. The number of alkyl halides is 3. The maximum Gasteiger partial charge on any atom is 0.417 e. The summed E-state index contributed by atoms with van der Waals surface area (Å²) >= 11 is 5.92. The Balaban J connectivity index is 2.06. The second-order valence-corrected chi connectivity index (χ2v) is 5.16. The van der Waals surface area contributed by atoms with Crippen molar-refractivity contribution in [1.82, 2.24) is 14.8 Å². The first-order valence-corrected chi connectivity index (χ1v) is 6.88. The molecule has 0 saturated carbocycles. The second-order valence-electron chi connectivity index (χ2n) is 4.75. The van der Waals surface area contributed by atoms with E-state index in [1.807, 2.05) is 30.3 Å². The standard InChI is InChI=1S/C15H10ClF3N4/c16-12-6-10(15(17,18)19)7-21-14(12)23-13(20)11(8-22-23)9-4-2-1-3-5-9/h1-8H,20H2. The zero-order chi connectivity index (χ0) is 16.6. The van der Waals surface area contributed by atoms with Crippen LogP contribution in [-0.4, -0.2) is 14.8 Å². The summed E-state index contributed by atoms with van der Waals surface area (Å²) in [5.41, 5.74) is 6.58. The highest BCUT2D eigenvalue weighted by molar-refractivity contribution is 6.32. The van der Waals surface area contributed by atoms with Crippen LogP contribution in [0, 0.1) is 0 Å². The van der Waals surface area contributed by atoms with Crippen molar-refractivity contribution in [2.24, 2.45) is 0 Å². The molecule has 0 amide bonds. The zero-order valence-corrected chi connectivity index (χ0v) is 12.3. The lowest BCUT2D eigenvalue weighted by molar-refractivity contribution is -0.137. The SMILES string of the molecule is Nc1c(-c2ccccc2)cnn1-c1ncc(C(F)(F)F)cc1Cl. The van der Waals surface area contributed by atoms with E-state index in [0.717, 1.165) is 11.6 Å². The molecule has 1 aromatic carbocycles. The summed E-state index contributed by atoms with van der Waals surface area (Å²) in [6.45, 7) is 0. The third-order valence-corrected chi connectivity index (χ3v) is 3.52. The average molecular weight is 339 g/mol. The minimum absolute atomic E-state index is 0.0411. The van der Waals surface area contributed by atoms with Gasteiger partial charge in [-0.3, -0.25) is 0 Å². The fourth-order valence-electron chi connectivity index (χ4n) is 2.11. The van der Waals surface area contributed by atoms with Crippen molar-refractivity contribution < 1.29 is 13.2 Å². The van der Waals surface area contributed by atoms with Gasteiger partial charge in [0.25, 0.3) is 0 Å². The Morgan fingerprint density at radius 1 is 1.09 bits per heavy atom. The van der Waals surface area contributed by atoms with Crippen molar-refractivity contribution in [3.8, 4) is 16.9 Å². The van der Waals surface area contributed by atoms with Crippen molar-refractivity contribution in [1.29, 1.82) is 0 Å². The van der Waals surface area contributed by atoms with E-state index in [2.05, 4.69) is 10.1 Å². The van der Waals surface area contributed by atoms with Crippen LogP contribution < -0.4 is 5.73 Å². The maximum atomic E-state index is 12.7. The minimum Gasteiger partial charge on any atom is -0.383 e. The highest BCUT2D eigenvalue weighted by Gasteiger charge is 2.32. The zero-order valence-electron chi connectivity index (χ0n) is 11.5. The van der Waals surface area contributed by atoms with Crippen LogP contribution in [0.2, 0.25) is 5.02 Å². The molecule has 3 rings (SSSR count). The smallest absolute Gasteiger partial charge is 0.383 e. The molecule has 4 nitrogen and oxygen atoms in total. The first-order valence-electron chi connectivity index (χ1n) is 6.50. The Morgan fingerprint density at radius 3 is 2.39 bits per heavy atom. The Morgan fingerprint density at radius 2 is 1.78 bits per heavy atom. The number of halogens is 4. The average Bonchev–Trinajstić information content (AvgIpc) is 2.89. The Hall–Kier alpha value is -2.54. The van der Waals surface area contributed by atoms with Gasteiger partial charge < -0.3 is 5.73 Å². The van der Waals surface area contributed by atoms with Gasteiger partial charge in [-0.1, -0.05) is 41.9 Å². The predicted molar refractivity (Wildman–Crippen MR) is 81.2 cm³/mol. The Bertz CT molecular complexity index is 844. The minimum atomic E-state index is -4.51. The molecule has 0 radical (unpaired) electrons. The molecule has 2 N–H and O–H groups in total. The Labute approximate surface area is 134 Å². The topological polar surface area (TPSA) is 56.7 Å². The monoisotopic (exact) mass is 338 g/mol. The molecule has 0 spiro atoms. The number of nitrogen functional groups attached to an aromatic ring is 1. The third kappa shape index (κ3) is 2.87. The lowest BCUT2D eigenvalue weighted by Gasteiger charge is -2.10. The first kappa shape index (κ1) is 15.4. The van der Waals surface area contributed by atoms with Gasteiger partial charge in [0, 0.05) is 11.8 Å². The van der Waals surface area contributed by atoms with Gasteiger partial charge >= 0.3 is 6.18 Å². The van der Waals surface area contributed by atoms with E-state index in [0.29, 0.717) is 11.8 Å². The molecule has 0 aliphatic carbocycles. The maximum absolute atomic E-state index is 12.7. The highest BCUT2D eigenvalue weighted by atomic mass is 35.5.